The monoisotopic (exact) mass is 536 g/mol. The fourth-order valence-electron chi connectivity index (χ4n) is 5.37. The van der Waals surface area contributed by atoms with Gasteiger partial charge in [0.05, 0.1) is 37.0 Å². The van der Waals surface area contributed by atoms with E-state index in [0.717, 1.165) is 19.6 Å². The van der Waals surface area contributed by atoms with Crippen LogP contribution < -0.4 is 35.8 Å². The lowest BCUT2D eigenvalue weighted by molar-refractivity contribution is -0.123. The highest BCUT2D eigenvalue weighted by Crippen LogP contribution is 2.47. The summed E-state index contributed by atoms with van der Waals surface area (Å²) in [5.74, 6) is 5.86. The second-order valence-corrected chi connectivity index (χ2v) is 9.47. The van der Waals surface area contributed by atoms with Crippen molar-refractivity contribution in [3.8, 4) is 34.3 Å². The molecule has 0 unspecified atom stereocenters. The highest BCUT2D eigenvalue weighted by molar-refractivity contribution is 6.27. The highest BCUT2D eigenvalue weighted by Gasteiger charge is 2.35. The number of carbonyl (C=O) groups is 2. The molecule has 0 bridgehead atoms. The molecule has 1 saturated heterocycles. The van der Waals surface area contributed by atoms with E-state index >= 15 is 0 Å². The molecular formula is C27H28N4O8. The second kappa shape index (κ2) is 10.2. The van der Waals surface area contributed by atoms with Crippen molar-refractivity contribution in [1.29, 1.82) is 0 Å². The third kappa shape index (κ3) is 4.36. The van der Waals surface area contributed by atoms with E-state index in [9.17, 15) is 14.4 Å². The van der Waals surface area contributed by atoms with Crippen LogP contribution in [0.3, 0.4) is 0 Å². The quantitative estimate of drug-likeness (QED) is 0.190. The molecule has 6 rings (SSSR count). The van der Waals surface area contributed by atoms with Gasteiger partial charge in [-0.05, 0) is 30.7 Å². The molecule has 3 aliphatic rings. The lowest BCUT2D eigenvalue weighted by Crippen LogP contribution is -2.37. The van der Waals surface area contributed by atoms with Crippen LogP contribution in [-0.2, 0) is 16.1 Å². The number of amides is 1. The Morgan fingerprint density at radius 1 is 1.00 bits per heavy atom. The van der Waals surface area contributed by atoms with E-state index < -0.39 is 5.91 Å². The van der Waals surface area contributed by atoms with Crippen LogP contribution in [0.5, 0.6) is 23.0 Å². The summed E-state index contributed by atoms with van der Waals surface area (Å²) in [6.45, 7) is 3.98. The Bertz CT molecular complexity index is 1540. The maximum Gasteiger partial charge on any atom is 0.271 e. The number of morpholine rings is 1. The van der Waals surface area contributed by atoms with Crippen molar-refractivity contribution in [2.24, 2.45) is 5.84 Å². The van der Waals surface area contributed by atoms with Crippen molar-refractivity contribution in [2.75, 3.05) is 53.4 Å². The van der Waals surface area contributed by atoms with Gasteiger partial charge < -0.3 is 28.3 Å². The number of pyridine rings is 1. The Hall–Kier alpha value is -4.13. The molecule has 3 aromatic rings. The predicted molar refractivity (Wildman–Crippen MR) is 139 cm³/mol. The number of hydrogen-bond acceptors (Lipinski definition) is 10. The molecule has 3 N–H and O–H groups in total. The summed E-state index contributed by atoms with van der Waals surface area (Å²) in [5.41, 5.74) is 3.71. The number of hydrogen-bond donors (Lipinski definition) is 2. The van der Waals surface area contributed by atoms with Gasteiger partial charge in [0.1, 0.15) is 0 Å². The van der Waals surface area contributed by atoms with E-state index in [0.29, 0.717) is 70.8 Å². The summed E-state index contributed by atoms with van der Waals surface area (Å²) in [4.78, 5) is 41.9. The van der Waals surface area contributed by atoms with E-state index in [2.05, 4.69) is 4.90 Å². The van der Waals surface area contributed by atoms with Gasteiger partial charge >= 0.3 is 0 Å². The summed E-state index contributed by atoms with van der Waals surface area (Å²) >= 11 is 0. The highest BCUT2D eigenvalue weighted by atomic mass is 16.7. The maximum absolute atomic E-state index is 14.0. The number of hydrazine groups is 1. The molecule has 1 fully saturated rings. The van der Waals surface area contributed by atoms with E-state index in [-0.39, 0.29) is 36.2 Å². The molecule has 204 valence electrons. The minimum absolute atomic E-state index is 0.0697. The largest absolute Gasteiger partial charge is 0.493 e. The minimum atomic E-state index is -0.545. The van der Waals surface area contributed by atoms with E-state index in [1.807, 2.05) is 5.43 Å². The zero-order chi connectivity index (χ0) is 27.1. The lowest BCUT2D eigenvalue weighted by Gasteiger charge is -2.26. The molecule has 0 atom stereocenters. The van der Waals surface area contributed by atoms with Gasteiger partial charge in [0.15, 0.2) is 35.4 Å². The van der Waals surface area contributed by atoms with Crippen molar-refractivity contribution in [2.45, 2.75) is 13.0 Å². The molecule has 1 aromatic heterocycles. The van der Waals surface area contributed by atoms with E-state index in [1.54, 1.807) is 28.8 Å². The number of fused-ring (bicyclic) bond motifs is 6. The number of aromatic nitrogens is 1. The Balaban J connectivity index is 1.49. The van der Waals surface area contributed by atoms with Crippen molar-refractivity contribution in [1.82, 2.24) is 14.9 Å². The van der Waals surface area contributed by atoms with Crippen LogP contribution >= 0.6 is 0 Å². The Morgan fingerprint density at radius 2 is 1.72 bits per heavy atom. The third-order valence-corrected chi connectivity index (χ3v) is 7.27. The smallest absolute Gasteiger partial charge is 0.271 e. The van der Waals surface area contributed by atoms with Crippen molar-refractivity contribution in [3.63, 3.8) is 0 Å². The van der Waals surface area contributed by atoms with Crippen LogP contribution in [0.2, 0.25) is 0 Å². The molecule has 2 aliphatic heterocycles. The molecule has 12 heteroatoms. The number of nitrogens with zero attached hydrogens (tertiary/aromatic N) is 2. The average Bonchev–Trinajstić information content (AvgIpc) is 3.54. The van der Waals surface area contributed by atoms with Gasteiger partial charge in [0, 0.05) is 42.7 Å². The number of ketones is 1. The summed E-state index contributed by atoms with van der Waals surface area (Å²) in [7, 11) is 1.44. The van der Waals surface area contributed by atoms with Crippen LogP contribution in [0.15, 0.2) is 29.1 Å². The zero-order valence-electron chi connectivity index (χ0n) is 21.4. The number of benzene rings is 2. The van der Waals surface area contributed by atoms with Crippen LogP contribution in [0.1, 0.15) is 22.3 Å². The summed E-state index contributed by atoms with van der Waals surface area (Å²) in [5, 5.41) is 0.723. The van der Waals surface area contributed by atoms with Gasteiger partial charge in [-0.25, -0.2) is 5.84 Å². The Morgan fingerprint density at radius 3 is 2.44 bits per heavy atom. The maximum atomic E-state index is 14.0. The minimum Gasteiger partial charge on any atom is -0.493 e. The molecule has 0 spiro atoms. The molecule has 0 radical (unpaired) electrons. The van der Waals surface area contributed by atoms with Crippen LogP contribution in [0, 0.1) is 0 Å². The zero-order valence-corrected chi connectivity index (χ0v) is 21.4. The first-order chi connectivity index (χ1) is 19.0. The molecule has 1 amide bonds. The van der Waals surface area contributed by atoms with Gasteiger partial charge in [0.2, 0.25) is 6.79 Å². The van der Waals surface area contributed by atoms with Crippen molar-refractivity contribution >= 4 is 22.5 Å². The summed E-state index contributed by atoms with van der Waals surface area (Å²) in [6, 6.07) is 6.55. The van der Waals surface area contributed by atoms with E-state index in [1.165, 1.54) is 7.11 Å². The number of nitrogens with one attached hydrogen (secondary N) is 1. The molecule has 0 saturated carbocycles. The summed E-state index contributed by atoms with van der Waals surface area (Å²) in [6.07, 6.45) is 0.707. The van der Waals surface area contributed by atoms with E-state index in [4.69, 9.17) is 29.5 Å². The first kappa shape index (κ1) is 25.2. The first-order valence-electron chi connectivity index (χ1n) is 12.7. The van der Waals surface area contributed by atoms with Gasteiger partial charge in [0.25, 0.3) is 11.5 Å². The standard InChI is InChI=1S/C27H28N4O8/c1-35-19-12-18-15(9-20(19)37-13-23(32)29-28)24-25(16-10-21-22(39-14-38-21)11-17(16)26(24)33)31(27(18)34)4-2-3-30-5-7-36-8-6-30/h9-12H,2-8,13-14,28H2,1H3,(H,29,32). The van der Waals surface area contributed by atoms with Crippen LogP contribution in [0.4, 0.5) is 0 Å². The fraction of sp³-hybridized carbons (Fsp3) is 0.370. The average molecular weight is 537 g/mol. The van der Waals surface area contributed by atoms with Gasteiger partial charge in [-0.2, -0.15) is 0 Å². The third-order valence-electron chi connectivity index (χ3n) is 7.27. The topological polar surface area (TPSA) is 144 Å². The second-order valence-electron chi connectivity index (χ2n) is 9.47. The molecular weight excluding hydrogens is 508 g/mol. The van der Waals surface area contributed by atoms with Gasteiger partial charge in [-0.1, -0.05) is 0 Å². The number of rotatable bonds is 8. The van der Waals surface area contributed by atoms with Crippen LogP contribution in [-0.4, -0.2) is 74.5 Å². The first-order valence-corrected chi connectivity index (χ1v) is 12.7. The van der Waals surface area contributed by atoms with Gasteiger partial charge in [-0.15, -0.1) is 0 Å². The Labute approximate surface area is 223 Å². The number of ether oxygens (including phenoxy) is 5. The molecule has 39 heavy (non-hydrogen) atoms. The van der Waals surface area contributed by atoms with Crippen molar-refractivity contribution < 1.29 is 33.3 Å². The SMILES string of the molecule is COc1cc2c(=O)n(CCCN3CCOCC3)c3c(c2cc1OCC(=O)NN)C(=O)c1cc2c(cc1-3)OCO2. The molecule has 1 aliphatic carbocycles. The van der Waals surface area contributed by atoms with Crippen LogP contribution in [0.25, 0.3) is 22.0 Å². The molecule has 2 aromatic carbocycles. The number of carbonyl (C=O) groups excluding carboxylic acids is 2. The van der Waals surface area contributed by atoms with Crippen molar-refractivity contribution in [3.05, 3.63) is 45.7 Å². The normalized spacial score (nSPS) is 15.8. The van der Waals surface area contributed by atoms with Gasteiger partial charge in [-0.3, -0.25) is 24.7 Å². The Kier molecular flexibility index (Phi) is 6.59. The fourth-order valence-corrected chi connectivity index (χ4v) is 5.37. The number of methoxy groups -OCH3 is 1. The lowest BCUT2D eigenvalue weighted by atomic mass is 10.0. The summed E-state index contributed by atoms with van der Waals surface area (Å²) < 4.78 is 29.3. The molecule has 3 heterocycles. The predicted octanol–water partition coefficient (Wildman–Crippen LogP) is 1.04. The number of nitrogens with two attached hydrogens (primary N) is 1. The molecule has 12 nitrogen and oxygen atoms in total.